The Hall–Kier alpha value is -2.33. The maximum absolute atomic E-state index is 13.4. The minimum Gasteiger partial charge on any atom is -0.375 e. The van der Waals surface area contributed by atoms with Crippen LogP contribution in [0, 0.1) is 5.82 Å². The summed E-state index contributed by atoms with van der Waals surface area (Å²) in [7, 11) is 1.50. The van der Waals surface area contributed by atoms with E-state index >= 15 is 0 Å². The van der Waals surface area contributed by atoms with Crippen LogP contribution in [0.3, 0.4) is 0 Å². The van der Waals surface area contributed by atoms with E-state index in [1.54, 1.807) is 28.4 Å². The van der Waals surface area contributed by atoms with Crippen LogP contribution in [0.15, 0.2) is 41.8 Å². The van der Waals surface area contributed by atoms with Gasteiger partial charge in [-0.05, 0) is 35.6 Å². The second-order valence-electron chi connectivity index (χ2n) is 8.57. The van der Waals surface area contributed by atoms with Crippen molar-refractivity contribution in [3.63, 3.8) is 0 Å². The number of likely N-dealkylation sites (tertiary alicyclic amines) is 1. The van der Waals surface area contributed by atoms with Crippen molar-refractivity contribution < 1.29 is 18.7 Å². The molecule has 2 fully saturated rings. The van der Waals surface area contributed by atoms with E-state index in [0.29, 0.717) is 39.1 Å². The Labute approximate surface area is 198 Å². The van der Waals surface area contributed by atoms with Gasteiger partial charge in [0.05, 0.1) is 0 Å². The van der Waals surface area contributed by atoms with Crippen LogP contribution in [-0.4, -0.2) is 85.0 Å². The molecule has 1 aromatic heterocycles. The fourth-order valence-corrected chi connectivity index (χ4v) is 5.36. The van der Waals surface area contributed by atoms with Crippen molar-refractivity contribution >= 4 is 23.2 Å². The van der Waals surface area contributed by atoms with Crippen LogP contribution in [0.2, 0.25) is 0 Å². The summed E-state index contributed by atoms with van der Waals surface area (Å²) < 4.78 is 18.5. The minimum absolute atomic E-state index is 0.00910. The molecule has 1 N–H and O–H groups in total. The molecule has 2 aliphatic heterocycles. The highest BCUT2D eigenvalue weighted by Gasteiger charge is 2.43. The molecule has 7 nitrogen and oxygen atoms in total. The smallest absolute Gasteiger partial charge is 0.249 e. The molecule has 0 bridgehead atoms. The minimum atomic E-state index is -0.491. The zero-order chi connectivity index (χ0) is 23.2. The monoisotopic (exact) mass is 474 g/mol. The highest BCUT2D eigenvalue weighted by Crippen LogP contribution is 2.28. The molecule has 2 saturated heterocycles. The quantitative estimate of drug-likeness (QED) is 0.634. The van der Waals surface area contributed by atoms with Gasteiger partial charge in [-0.3, -0.25) is 14.5 Å². The standard InChI is InChI=1S/C24H31FN4O3S/c1-32-17-23(30)29-15-20(13-22(29)24(31)27-10-8-26-9-11-27)28(16-21-3-2-12-33-21)14-18-4-6-19(25)7-5-18/h2-7,12,20,22,26H,8-11,13-17H2,1H3. The molecule has 2 unspecified atom stereocenters. The van der Waals surface area contributed by atoms with Crippen molar-refractivity contribution in [3.05, 3.63) is 58.0 Å². The molecule has 0 radical (unpaired) electrons. The number of halogens is 1. The number of carbonyl (C=O) groups is 2. The van der Waals surface area contributed by atoms with Crippen LogP contribution in [0.25, 0.3) is 0 Å². The third-order valence-electron chi connectivity index (χ3n) is 6.34. The number of methoxy groups -OCH3 is 1. The highest BCUT2D eigenvalue weighted by atomic mass is 32.1. The number of nitrogens with zero attached hydrogens (tertiary/aromatic N) is 3. The second kappa shape index (κ2) is 11.2. The van der Waals surface area contributed by atoms with E-state index in [1.807, 2.05) is 16.3 Å². The lowest BCUT2D eigenvalue weighted by atomic mass is 10.1. The van der Waals surface area contributed by atoms with E-state index < -0.39 is 6.04 Å². The van der Waals surface area contributed by atoms with Gasteiger partial charge in [-0.15, -0.1) is 11.3 Å². The average molecular weight is 475 g/mol. The van der Waals surface area contributed by atoms with Gasteiger partial charge in [-0.25, -0.2) is 4.39 Å². The molecule has 33 heavy (non-hydrogen) atoms. The first-order valence-corrected chi connectivity index (χ1v) is 12.2. The third kappa shape index (κ3) is 5.97. The van der Waals surface area contributed by atoms with E-state index in [0.717, 1.165) is 18.7 Å². The topological polar surface area (TPSA) is 65.1 Å². The fraction of sp³-hybridized carbons (Fsp3) is 0.500. The zero-order valence-electron chi connectivity index (χ0n) is 18.9. The Morgan fingerprint density at radius 1 is 1.18 bits per heavy atom. The number of benzene rings is 1. The number of nitrogens with one attached hydrogen (secondary N) is 1. The SMILES string of the molecule is COCC(=O)N1CC(N(Cc2ccc(F)cc2)Cc2cccs2)CC1C(=O)N1CCNCC1. The number of ether oxygens (including phenoxy) is 1. The predicted molar refractivity (Wildman–Crippen MR) is 125 cm³/mol. The molecule has 178 valence electrons. The van der Waals surface area contributed by atoms with Crippen molar-refractivity contribution in [2.75, 3.05) is 46.4 Å². The number of hydrogen-bond donors (Lipinski definition) is 1. The zero-order valence-corrected chi connectivity index (χ0v) is 19.7. The number of thiophene rings is 1. The van der Waals surface area contributed by atoms with Gasteiger partial charge in [0, 0.05) is 63.8 Å². The molecule has 1 aromatic carbocycles. The summed E-state index contributed by atoms with van der Waals surface area (Å²) in [6.07, 6.45) is 0.574. The molecule has 2 aromatic rings. The van der Waals surface area contributed by atoms with E-state index in [2.05, 4.69) is 16.3 Å². The molecular weight excluding hydrogens is 443 g/mol. The average Bonchev–Trinajstić information content (AvgIpc) is 3.50. The molecule has 0 spiro atoms. The second-order valence-corrected chi connectivity index (χ2v) is 9.60. The summed E-state index contributed by atoms with van der Waals surface area (Å²) in [5, 5.41) is 5.32. The van der Waals surface area contributed by atoms with Gasteiger partial charge in [0.25, 0.3) is 0 Å². The predicted octanol–water partition coefficient (Wildman–Crippen LogP) is 1.94. The summed E-state index contributed by atoms with van der Waals surface area (Å²) in [6.45, 7) is 4.59. The molecule has 0 saturated carbocycles. The maximum Gasteiger partial charge on any atom is 0.249 e. The number of carbonyl (C=O) groups excluding carboxylic acids is 2. The summed E-state index contributed by atoms with van der Waals surface area (Å²) in [6, 6.07) is 10.2. The van der Waals surface area contributed by atoms with Crippen LogP contribution in [0.4, 0.5) is 4.39 Å². The van der Waals surface area contributed by atoms with Crippen LogP contribution in [-0.2, 0) is 27.4 Å². The maximum atomic E-state index is 13.4. The Kier molecular flexibility index (Phi) is 8.08. The number of hydrogen-bond acceptors (Lipinski definition) is 6. The lowest BCUT2D eigenvalue weighted by Crippen LogP contribution is -2.53. The highest BCUT2D eigenvalue weighted by molar-refractivity contribution is 7.09. The van der Waals surface area contributed by atoms with Gasteiger partial charge in [-0.1, -0.05) is 18.2 Å². The Morgan fingerprint density at radius 2 is 1.94 bits per heavy atom. The van der Waals surface area contributed by atoms with Gasteiger partial charge in [0.2, 0.25) is 11.8 Å². The molecule has 9 heteroatoms. The summed E-state index contributed by atoms with van der Waals surface area (Å²) in [5.74, 6) is -0.407. The lowest BCUT2D eigenvalue weighted by molar-refractivity contribution is -0.146. The Bertz CT molecular complexity index is 918. The summed E-state index contributed by atoms with van der Waals surface area (Å²) in [4.78, 5) is 33.4. The van der Waals surface area contributed by atoms with Crippen molar-refractivity contribution in [3.8, 4) is 0 Å². The van der Waals surface area contributed by atoms with E-state index in [9.17, 15) is 14.0 Å². The van der Waals surface area contributed by atoms with Gasteiger partial charge in [0.1, 0.15) is 18.5 Å². The number of piperazine rings is 1. The number of rotatable bonds is 8. The molecular formula is C24H31FN4O3S. The number of amides is 2. The first-order valence-electron chi connectivity index (χ1n) is 11.3. The Balaban J connectivity index is 1.56. The molecule has 2 aliphatic rings. The van der Waals surface area contributed by atoms with Crippen LogP contribution in [0.1, 0.15) is 16.9 Å². The Morgan fingerprint density at radius 3 is 2.61 bits per heavy atom. The molecule has 3 heterocycles. The van der Waals surface area contributed by atoms with Gasteiger partial charge in [-0.2, -0.15) is 0 Å². The van der Waals surface area contributed by atoms with Crippen molar-refractivity contribution in [1.29, 1.82) is 0 Å². The largest absolute Gasteiger partial charge is 0.375 e. The van der Waals surface area contributed by atoms with Crippen LogP contribution in [0.5, 0.6) is 0 Å². The fourth-order valence-electron chi connectivity index (χ4n) is 4.63. The van der Waals surface area contributed by atoms with Crippen molar-refractivity contribution in [2.24, 2.45) is 0 Å². The summed E-state index contributed by atoms with van der Waals surface area (Å²) in [5.41, 5.74) is 1.000. The lowest BCUT2D eigenvalue weighted by Gasteiger charge is -2.32. The van der Waals surface area contributed by atoms with Crippen molar-refractivity contribution in [2.45, 2.75) is 31.6 Å². The van der Waals surface area contributed by atoms with E-state index in [-0.39, 0.29) is 30.3 Å². The van der Waals surface area contributed by atoms with Gasteiger partial charge < -0.3 is 19.9 Å². The van der Waals surface area contributed by atoms with Crippen LogP contribution >= 0.6 is 11.3 Å². The van der Waals surface area contributed by atoms with E-state index in [1.165, 1.54) is 24.1 Å². The first kappa shape index (κ1) is 23.8. The third-order valence-corrected chi connectivity index (χ3v) is 7.20. The first-order chi connectivity index (χ1) is 16.0. The molecule has 4 rings (SSSR count). The van der Waals surface area contributed by atoms with E-state index in [4.69, 9.17) is 4.74 Å². The molecule has 2 atom stereocenters. The summed E-state index contributed by atoms with van der Waals surface area (Å²) >= 11 is 1.68. The molecule has 2 amide bonds. The van der Waals surface area contributed by atoms with Crippen molar-refractivity contribution in [1.82, 2.24) is 20.0 Å². The van der Waals surface area contributed by atoms with Gasteiger partial charge >= 0.3 is 0 Å². The van der Waals surface area contributed by atoms with Crippen LogP contribution < -0.4 is 5.32 Å². The van der Waals surface area contributed by atoms with Gasteiger partial charge in [0.15, 0.2) is 0 Å². The molecule has 0 aliphatic carbocycles. The normalized spacial score (nSPS) is 21.1.